The van der Waals surface area contributed by atoms with Crippen LogP contribution >= 0.6 is 0 Å². The van der Waals surface area contributed by atoms with E-state index in [2.05, 4.69) is 17.4 Å². The highest BCUT2D eigenvalue weighted by molar-refractivity contribution is 5.75. The molecule has 2 atom stereocenters. The zero-order valence-electron chi connectivity index (χ0n) is 12.4. The molecule has 0 aliphatic heterocycles. The average Bonchev–Trinajstić information content (AvgIpc) is 2.87. The number of hydrogen-bond donors (Lipinski definition) is 1. The van der Waals surface area contributed by atoms with Crippen molar-refractivity contribution in [3.05, 3.63) is 29.3 Å². The van der Waals surface area contributed by atoms with Gasteiger partial charge in [-0.15, -0.1) is 0 Å². The SMILES string of the molecule is CCOC(=O)C(CC)Oc1ccc2c(c1)CCC2NC. The summed E-state index contributed by atoms with van der Waals surface area (Å²) in [6, 6.07) is 6.52. The molecular formula is C16H23NO3. The van der Waals surface area contributed by atoms with Crippen molar-refractivity contribution in [2.75, 3.05) is 13.7 Å². The molecule has 0 spiro atoms. The van der Waals surface area contributed by atoms with Crippen LogP contribution in [-0.2, 0) is 16.0 Å². The van der Waals surface area contributed by atoms with Crippen LogP contribution in [0, 0.1) is 0 Å². The first-order valence-corrected chi connectivity index (χ1v) is 7.33. The van der Waals surface area contributed by atoms with Crippen LogP contribution in [0.3, 0.4) is 0 Å². The normalized spacial score (nSPS) is 18.4. The van der Waals surface area contributed by atoms with E-state index in [-0.39, 0.29) is 5.97 Å². The van der Waals surface area contributed by atoms with Crippen molar-refractivity contribution >= 4 is 5.97 Å². The van der Waals surface area contributed by atoms with Crippen LogP contribution in [0.25, 0.3) is 0 Å². The molecule has 1 aromatic rings. The van der Waals surface area contributed by atoms with E-state index in [4.69, 9.17) is 9.47 Å². The van der Waals surface area contributed by atoms with Gasteiger partial charge in [-0.25, -0.2) is 4.79 Å². The van der Waals surface area contributed by atoms with Crippen molar-refractivity contribution in [3.8, 4) is 5.75 Å². The van der Waals surface area contributed by atoms with Crippen LogP contribution in [0.15, 0.2) is 18.2 Å². The maximum atomic E-state index is 11.8. The zero-order chi connectivity index (χ0) is 14.5. The summed E-state index contributed by atoms with van der Waals surface area (Å²) >= 11 is 0. The monoisotopic (exact) mass is 277 g/mol. The van der Waals surface area contributed by atoms with Crippen molar-refractivity contribution < 1.29 is 14.3 Å². The fourth-order valence-electron chi connectivity index (χ4n) is 2.66. The molecule has 110 valence electrons. The van der Waals surface area contributed by atoms with Crippen LogP contribution in [0.4, 0.5) is 0 Å². The fraction of sp³-hybridized carbons (Fsp3) is 0.562. The van der Waals surface area contributed by atoms with E-state index in [1.165, 1.54) is 11.1 Å². The molecule has 1 aromatic carbocycles. The molecule has 2 unspecified atom stereocenters. The van der Waals surface area contributed by atoms with E-state index in [0.29, 0.717) is 19.1 Å². The Kier molecular flexibility index (Phi) is 5.01. The predicted molar refractivity (Wildman–Crippen MR) is 77.9 cm³/mol. The van der Waals surface area contributed by atoms with Crippen LogP contribution in [0.1, 0.15) is 43.9 Å². The first kappa shape index (κ1) is 14.9. The molecule has 4 nitrogen and oxygen atoms in total. The van der Waals surface area contributed by atoms with E-state index in [1.807, 2.05) is 20.0 Å². The number of carbonyl (C=O) groups is 1. The molecule has 0 saturated heterocycles. The first-order chi connectivity index (χ1) is 9.69. The van der Waals surface area contributed by atoms with E-state index < -0.39 is 6.10 Å². The second-order valence-electron chi connectivity index (χ2n) is 5.01. The molecule has 0 radical (unpaired) electrons. The summed E-state index contributed by atoms with van der Waals surface area (Å²) in [6.07, 6.45) is 2.25. The van der Waals surface area contributed by atoms with Gasteiger partial charge in [0.25, 0.3) is 0 Å². The van der Waals surface area contributed by atoms with Gasteiger partial charge in [0.05, 0.1) is 6.61 Å². The van der Waals surface area contributed by atoms with Gasteiger partial charge in [-0.05, 0) is 56.5 Å². The predicted octanol–water partition coefficient (Wildman–Crippen LogP) is 2.61. The molecule has 0 aromatic heterocycles. The lowest BCUT2D eigenvalue weighted by Gasteiger charge is -2.17. The summed E-state index contributed by atoms with van der Waals surface area (Å²) in [5.41, 5.74) is 2.64. The van der Waals surface area contributed by atoms with Gasteiger partial charge in [0.15, 0.2) is 6.10 Å². The summed E-state index contributed by atoms with van der Waals surface area (Å²) < 4.78 is 10.8. The minimum Gasteiger partial charge on any atom is -0.479 e. The quantitative estimate of drug-likeness (QED) is 0.812. The molecule has 0 saturated carbocycles. The van der Waals surface area contributed by atoms with Crippen LogP contribution in [0.2, 0.25) is 0 Å². The summed E-state index contributed by atoms with van der Waals surface area (Å²) in [5, 5.41) is 3.31. The number of hydrogen-bond acceptors (Lipinski definition) is 4. The number of nitrogens with one attached hydrogen (secondary N) is 1. The zero-order valence-corrected chi connectivity index (χ0v) is 12.4. The lowest BCUT2D eigenvalue weighted by molar-refractivity contribution is -0.151. The molecule has 2 rings (SSSR count). The van der Waals surface area contributed by atoms with Gasteiger partial charge in [0.2, 0.25) is 0 Å². The highest BCUT2D eigenvalue weighted by Crippen LogP contribution is 2.33. The summed E-state index contributed by atoms with van der Waals surface area (Å²) in [7, 11) is 1.98. The average molecular weight is 277 g/mol. The van der Waals surface area contributed by atoms with Crippen molar-refractivity contribution in [3.63, 3.8) is 0 Å². The Balaban J connectivity index is 2.09. The lowest BCUT2D eigenvalue weighted by atomic mass is 10.1. The molecule has 0 heterocycles. The Morgan fingerprint density at radius 1 is 1.45 bits per heavy atom. The van der Waals surface area contributed by atoms with Crippen molar-refractivity contribution in [1.29, 1.82) is 0 Å². The molecule has 1 N–H and O–H groups in total. The second-order valence-corrected chi connectivity index (χ2v) is 5.01. The Morgan fingerprint density at radius 2 is 2.25 bits per heavy atom. The largest absolute Gasteiger partial charge is 0.479 e. The van der Waals surface area contributed by atoms with Gasteiger partial charge < -0.3 is 14.8 Å². The van der Waals surface area contributed by atoms with Crippen molar-refractivity contribution in [1.82, 2.24) is 5.32 Å². The van der Waals surface area contributed by atoms with Gasteiger partial charge in [0, 0.05) is 6.04 Å². The van der Waals surface area contributed by atoms with Crippen LogP contribution < -0.4 is 10.1 Å². The Hall–Kier alpha value is -1.55. The third kappa shape index (κ3) is 3.12. The molecule has 1 aliphatic rings. The Bertz CT molecular complexity index is 473. The minimum atomic E-state index is -0.519. The Morgan fingerprint density at radius 3 is 2.90 bits per heavy atom. The minimum absolute atomic E-state index is 0.288. The molecule has 4 heteroatoms. The van der Waals surface area contributed by atoms with E-state index in [1.54, 1.807) is 6.92 Å². The molecule has 0 fully saturated rings. The number of fused-ring (bicyclic) bond motifs is 1. The summed E-state index contributed by atoms with van der Waals surface area (Å²) in [6.45, 7) is 4.11. The molecular weight excluding hydrogens is 254 g/mol. The molecule has 0 amide bonds. The highest BCUT2D eigenvalue weighted by Gasteiger charge is 2.23. The Labute approximate surface area is 120 Å². The molecule has 0 bridgehead atoms. The lowest BCUT2D eigenvalue weighted by Crippen LogP contribution is -2.28. The smallest absolute Gasteiger partial charge is 0.347 e. The van der Waals surface area contributed by atoms with Crippen LogP contribution in [-0.4, -0.2) is 25.7 Å². The van der Waals surface area contributed by atoms with E-state index >= 15 is 0 Å². The number of ether oxygens (including phenoxy) is 2. The fourth-order valence-corrected chi connectivity index (χ4v) is 2.66. The number of carbonyl (C=O) groups excluding carboxylic acids is 1. The van der Waals surface area contributed by atoms with Crippen molar-refractivity contribution in [2.45, 2.75) is 45.3 Å². The first-order valence-electron chi connectivity index (χ1n) is 7.33. The van der Waals surface area contributed by atoms with Gasteiger partial charge in [-0.1, -0.05) is 13.0 Å². The van der Waals surface area contributed by atoms with Crippen molar-refractivity contribution in [2.24, 2.45) is 0 Å². The summed E-state index contributed by atoms with van der Waals surface area (Å²) in [5.74, 6) is 0.462. The summed E-state index contributed by atoms with van der Waals surface area (Å²) in [4.78, 5) is 11.8. The van der Waals surface area contributed by atoms with E-state index in [9.17, 15) is 4.79 Å². The van der Waals surface area contributed by atoms with Gasteiger partial charge in [-0.2, -0.15) is 0 Å². The van der Waals surface area contributed by atoms with Gasteiger partial charge in [0.1, 0.15) is 5.75 Å². The van der Waals surface area contributed by atoms with Gasteiger partial charge in [-0.3, -0.25) is 0 Å². The number of esters is 1. The topological polar surface area (TPSA) is 47.6 Å². The maximum Gasteiger partial charge on any atom is 0.347 e. The second kappa shape index (κ2) is 6.75. The van der Waals surface area contributed by atoms with E-state index in [0.717, 1.165) is 18.6 Å². The number of aryl methyl sites for hydroxylation is 1. The standard InChI is InChI=1S/C16H23NO3/c1-4-15(16(18)19-5-2)20-12-7-8-13-11(10-12)6-9-14(13)17-3/h7-8,10,14-15,17H,4-6,9H2,1-3H3. The highest BCUT2D eigenvalue weighted by atomic mass is 16.6. The number of benzene rings is 1. The molecule has 1 aliphatic carbocycles. The van der Waals surface area contributed by atoms with Gasteiger partial charge >= 0.3 is 5.97 Å². The third-order valence-corrected chi connectivity index (χ3v) is 3.74. The van der Waals surface area contributed by atoms with Crippen LogP contribution in [0.5, 0.6) is 5.75 Å². The number of rotatable bonds is 6. The maximum absolute atomic E-state index is 11.8. The third-order valence-electron chi connectivity index (χ3n) is 3.74. The molecule has 20 heavy (non-hydrogen) atoms.